The fraction of sp³-hybridized carbons (Fsp3) is 0.429. The summed E-state index contributed by atoms with van der Waals surface area (Å²) in [5.74, 6) is -0.157. The van der Waals surface area contributed by atoms with Gasteiger partial charge in [-0.05, 0) is 25.3 Å². The summed E-state index contributed by atoms with van der Waals surface area (Å²) in [6.45, 7) is 2.57. The van der Waals surface area contributed by atoms with Crippen molar-refractivity contribution < 1.29 is 14.3 Å². The van der Waals surface area contributed by atoms with Crippen LogP contribution >= 0.6 is 0 Å². The van der Waals surface area contributed by atoms with E-state index in [-0.39, 0.29) is 12.5 Å². The quantitative estimate of drug-likeness (QED) is 0.869. The molecule has 19 heavy (non-hydrogen) atoms. The zero-order valence-electron chi connectivity index (χ0n) is 10.9. The van der Waals surface area contributed by atoms with Crippen molar-refractivity contribution in [2.24, 2.45) is 0 Å². The van der Waals surface area contributed by atoms with Gasteiger partial charge in [-0.15, -0.1) is 0 Å². The van der Waals surface area contributed by atoms with Gasteiger partial charge in [0.2, 0.25) is 5.91 Å². The Morgan fingerprint density at radius 2 is 2.16 bits per heavy atom. The van der Waals surface area contributed by atoms with E-state index in [1.165, 1.54) is 0 Å². The van der Waals surface area contributed by atoms with Crippen LogP contribution in [-0.4, -0.2) is 24.1 Å². The van der Waals surface area contributed by atoms with Crippen LogP contribution in [0.1, 0.15) is 25.3 Å². The molecular formula is C14H18N2O3. The molecule has 1 aliphatic rings. The number of carbonyl (C=O) groups is 2. The molecule has 1 fully saturated rings. The van der Waals surface area contributed by atoms with Crippen LogP contribution in [0.15, 0.2) is 30.3 Å². The largest absolute Gasteiger partial charge is 0.445 e. The SMILES string of the molecule is C[C@@]1(NC(=O)OCc2ccccc2)CCCNC1=O. The lowest BCUT2D eigenvalue weighted by molar-refractivity contribution is -0.128. The van der Waals surface area contributed by atoms with Crippen molar-refractivity contribution in [1.29, 1.82) is 0 Å². The zero-order chi connectivity index (χ0) is 13.7. The summed E-state index contributed by atoms with van der Waals surface area (Å²) < 4.78 is 5.11. The molecule has 0 unspecified atom stereocenters. The molecule has 0 spiro atoms. The Morgan fingerprint density at radius 3 is 2.84 bits per heavy atom. The van der Waals surface area contributed by atoms with E-state index in [2.05, 4.69) is 10.6 Å². The van der Waals surface area contributed by atoms with Gasteiger partial charge in [0.05, 0.1) is 0 Å². The third-order valence-electron chi connectivity index (χ3n) is 3.23. The average molecular weight is 262 g/mol. The molecule has 5 heteroatoms. The smallest absolute Gasteiger partial charge is 0.408 e. The first-order chi connectivity index (χ1) is 9.10. The summed E-state index contributed by atoms with van der Waals surface area (Å²) in [4.78, 5) is 23.5. The molecule has 0 saturated carbocycles. The molecule has 1 aromatic carbocycles. The molecule has 2 N–H and O–H groups in total. The number of nitrogens with one attached hydrogen (secondary N) is 2. The minimum atomic E-state index is -0.869. The van der Waals surface area contributed by atoms with Crippen molar-refractivity contribution in [3.8, 4) is 0 Å². The van der Waals surface area contributed by atoms with Crippen molar-refractivity contribution in [1.82, 2.24) is 10.6 Å². The van der Waals surface area contributed by atoms with Crippen molar-refractivity contribution in [2.75, 3.05) is 6.54 Å². The number of rotatable bonds is 3. The normalized spacial score (nSPS) is 22.5. The molecule has 1 aromatic rings. The predicted octanol–water partition coefficient (Wildman–Crippen LogP) is 1.58. The average Bonchev–Trinajstić information content (AvgIpc) is 2.41. The molecule has 0 aromatic heterocycles. The van der Waals surface area contributed by atoms with E-state index in [1.807, 2.05) is 30.3 Å². The van der Waals surface area contributed by atoms with E-state index in [0.29, 0.717) is 13.0 Å². The molecular weight excluding hydrogens is 244 g/mol. The van der Waals surface area contributed by atoms with Gasteiger partial charge in [-0.1, -0.05) is 30.3 Å². The summed E-state index contributed by atoms with van der Waals surface area (Å²) in [7, 11) is 0. The lowest BCUT2D eigenvalue weighted by Crippen LogP contribution is -2.59. The molecule has 1 heterocycles. The van der Waals surface area contributed by atoms with Crippen LogP contribution in [0.3, 0.4) is 0 Å². The minimum absolute atomic E-state index is 0.157. The number of carbonyl (C=O) groups excluding carboxylic acids is 2. The van der Waals surface area contributed by atoms with Gasteiger partial charge in [0.1, 0.15) is 12.1 Å². The fourth-order valence-corrected chi connectivity index (χ4v) is 2.06. The number of hydrogen-bond donors (Lipinski definition) is 2. The van der Waals surface area contributed by atoms with Crippen molar-refractivity contribution >= 4 is 12.0 Å². The van der Waals surface area contributed by atoms with Gasteiger partial charge in [0.15, 0.2) is 0 Å². The van der Waals surface area contributed by atoms with Gasteiger partial charge in [-0.2, -0.15) is 0 Å². The highest BCUT2D eigenvalue weighted by Crippen LogP contribution is 2.16. The summed E-state index contributed by atoms with van der Waals surface area (Å²) in [6.07, 6.45) is 0.906. The molecule has 5 nitrogen and oxygen atoms in total. The van der Waals surface area contributed by atoms with Gasteiger partial charge < -0.3 is 15.4 Å². The Bertz CT molecular complexity index is 461. The highest BCUT2D eigenvalue weighted by atomic mass is 16.5. The number of ether oxygens (including phenoxy) is 1. The summed E-state index contributed by atoms with van der Waals surface area (Å²) in [5, 5.41) is 5.38. The topological polar surface area (TPSA) is 67.4 Å². The molecule has 0 aliphatic carbocycles. The third-order valence-corrected chi connectivity index (χ3v) is 3.23. The van der Waals surface area contributed by atoms with E-state index in [1.54, 1.807) is 6.92 Å². The van der Waals surface area contributed by atoms with Gasteiger partial charge in [-0.3, -0.25) is 4.79 Å². The van der Waals surface area contributed by atoms with E-state index in [4.69, 9.17) is 4.74 Å². The Balaban J connectivity index is 1.85. The Hall–Kier alpha value is -2.04. The summed E-state index contributed by atoms with van der Waals surface area (Å²) in [5.41, 5.74) is 0.0438. The van der Waals surface area contributed by atoms with Crippen LogP contribution in [0.2, 0.25) is 0 Å². The number of piperidine rings is 1. The Labute approximate surface area is 112 Å². The highest BCUT2D eigenvalue weighted by Gasteiger charge is 2.37. The maximum Gasteiger partial charge on any atom is 0.408 e. The van der Waals surface area contributed by atoms with Gasteiger partial charge in [-0.25, -0.2) is 4.79 Å². The lowest BCUT2D eigenvalue weighted by Gasteiger charge is -2.32. The van der Waals surface area contributed by atoms with E-state index in [9.17, 15) is 9.59 Å². The molecule has 2 amide bonds. The second-order valence-electron chi connectivity index (χ2n) is 4.88. The maximum absolute atomic E-state index is 11.7. The molecule has 2 rings (SSSR count). The first-order valence-corrected chi connectivity index (χ1v) is 6.37. The van der Waals surface area contributed by atoms with E-state index < -0.39 is 11.6 Å². The van der Waals surface area contributed by atoms with Crippen LogP contribution in [0, 0.1) is 0 Å². The Morgan fingerprint density at radius 1 is 1.42 bits per heavy atom. The van der Waals surface area contributed by atoms with Crippen molar-refractivity contribution in [2.45, 2.75) is 31.9 Å². The molecule has 1 saturated heterocycles. The zero-order valence-corrected chi connectivity index (χ0v) is 10.9. The lowest BCUT2D eigenvalue weighted by atomic mass is 9.92. The van der Waals surface area contributed by atoms with Crippen LogP contribution < -0.4 is 10.6 Å². The molecule has 102 valence electrons. The molecule has 1 atom stereocenters. The maximum atomic E-state index is 11.7. The van der Waals surface area contributed by atoms with Crippen LogP contribution in [0.25, 0.3) is 0 Å². The number of amides is 2. The number of benzene rings is 1. The van der Waals surface area contributed by atoms with E-state index >= 15 is 0 Å². The second-order valence-corrected chi connectivity index (χ2v) is 4.88. The number of hydrogen-bond acceptors (Lipinski definition) is 3. The number of alkyl carbamates (subject to hydrolysis) is 1. The molecule has 1 aliphatic heterocycles. The van der Waals surface area contributed by atoms with Gasteiger partial charge in [0.25, 0.3) is 0 Å². The Kier molecular flexibility index (Phi) is 4.04. The standard InChI is InChI=1S/C14H18N2O3/c1-14(8-5-9-15-12(14)17)16-13(18)19-10-11-6-3-2-4-7-11/h2-4,6-7H,5,8-10H2,1H3,(H,15,17)(H,16,18)/t14-/m1/s1. The second kappa shape index (κ2) is 5.73. The van der Waals surface area contributed by atoms with Gasteiger partial charge >= 0.3 is 6.09 Å². The monoisotopic (exact) mass is 262 g/mol. The van der Waals surface area contributed by atoms with Gasteiger partial charge in [0, 0.05) is 6.54 Å². The fourth-order valence-electron chi connectivity index (χ4n) is 2.06. The first-order valence-electron chi connectivity index (χ1n) is 6.37. The molecule has 0 radical (unpaired) electrons. The van der Waals surface area contributed by atoms with Crippen LogP contribution in [-0.2, 0) is 16.1 Å². The highest BCUT2D eigenvalue weighted by molar-refractivity contribution is 5.90. The minimum Gasteiger partial charge on any atom is -0.445 e. The van der Waals surface area contributed by atoms with Crippen molar-refractivity contribution in [3.05, 3.63) is 35.9 Å². The first kappa shape index (κ1) is 13.4. The molecule has 0 bridgehead atoms. The summed E-state index contributed by atoms with van der Waals surface area (Å²) >= 11 is 0. The van der Waals surface area contributed by atoms with E-state index in [0.717, 1.165) is 12.0 Å². The summed E-state index contributed by atoms with van der Waals surface area (Å²) in [6, 6.07) is 9.42. The van der Waals surface area contributed by atoms with Crippen molar-refractivity contribution in [3.63, 3.8) is 0 Å². The third kappa shape index (κ3) is 3.47. The van der Waals surface area contributed by atoms with Crippen LogP contribution in [0.4, 0.5) is 4.79 Å². The predicted molar refractivity (Wildman–Crippen MR) is 70.4 cm³/mol. The van der Waals surface area contributed by atoms with Crippen LogP contribution in [0.5, 0.6) is 0 Å².